The first-order valence-electron chi connectivity index (χ1n) is 11.9. The second-order valence-corrected chi connectivity index (χ2v) is 10.1. The number of rotatable bonds is 7. The van der Waals surface area contributed by atoms with Crippen LogP contribution in [-0.4, -0.2) is 46.8 Å². The number of carbonyl (C=O) groups is 1. The van der Waals surface area contributed by atoms with E-state index < -0.39 is 0 Å². The van der Waals surface area contributed by atoms with E-state index in [1.807, 2.05) is 60.1 Å². The monoisotopic (exact) mass is 476 g/mol. The molecule has 5 nitrogen and oxygen atoms in total. The van der Waals surface area contributed by atoms with Crippen LogP contribution in [-0.2, 0) is 6.42 Å². The van der Waals surface area contributed by atoms with E-state index in [9.17, 15) is 9.18 Å². The number of nitrogens with zero attached hydrogens (tertiary/aromatic N) is 3. The van der Waals surface area contributed by atoms with Crippen molar-refractivity contribution in [3.8, 4) is 5.69 Å². The lowest BCUT2D eigenvalue weighted by Gasteiger charge is -2.32. The molecule has 176 valence electrons. The average molecular weight is 477 g/mol. The molecule has 1 amide bonds. The number of halogens is 1. The number of likely N-dealkylation sites (tertiary alicyclic amines) is 1. The lowest BCUT2D eigenvalue weighted by Crippen LogP contribution is -2.39. The molecule has 0 unspecified atom stereocenters. The third-order valence-corrected chi connectivity index (χ3v) is 7.77. The van der Waals surface area contributed by atoms with Crippen LogP contribution in [0.15, 0.2) is 60.7 Å². The van der Waals surface area contributed by atoms with Gasteiger partial charge in [0.1, 0.15) is 10.6 Å². The summed E-state index contributed by atoms with van der Waals surface area (Å²) in [6.07, 6.45) is 3.10. The van der Waals surface area contributed by atoms with Gasteiger partial charge in [0.25, 0.3) is 5.91 Å². The molecule has 2 aromatic heterocycles. The van der Waals surface area contributed by atoms with Crippen LogP contribution in [0.25, 0.3) is 15.9 Å². The molecule has 2 aromatic carbocycles. The number of carbonyl (C=O) groups excluding carboxylic acids is 1. The molecule has 0 aliphatic carbocycles. The number of nitrogens with one attached hydrogen (secondary N) is 1. The fraction of sp³-hybridized carbons (Fsp3) is 0.333. The van der Waals surface area contributed by atoms with E-state index >= 15 is 0 Å². The zero-order valence-corrected chi connectivity index (χ0v) is 20.2. The Morgan fingerprint density at radius 2 is 1.85 bits per heavy atom. The molecule has 7 heteroatoms. The van der Waals surface area contributed by atoms with Crippen LogP contribution in [0.1, 0.15) is 33.8 Å². The van der Waals surface area contributed by atoms with Gasteiger partial charge in [-0.05, 0) is 81.1 Å². The molecule has 34 heavy (non-hydrogen) atoms. The lowest BCUT2D eigenvalue weighted by molar-refractivity contribution is 0.0940. The minimum Gasteiger partial charge on any atom is -0.351 e. The molecule has 3 heterocycles. The summed E-state index contributed by atoms with van der Waals surface area (Å²) < 4.78 is 15.0. The zero-order valence-electron chi connectivity index (χ0n) is 19.3. The number of hydrogen-bond acceptors (Lipinski definition) is 4. The summed E-state index contributed by atoms with van der Waals surface area (Å²) in [7, 11) is 0. The summed E-state index contributed by atoms with van der Waals surface area (Å²) in [6.45, 7) is 5.76. The van der Waals surface area contributed by atoms with E-state index in [1.165, 1.54) is 29.0 Å². The van der Waals surface area contributed by atoms with Crippen LogP contribution in [0.5, 0.6) is 0 Å². The first-order valence-corrected chi connectivity index (χ1v) is 12.7. The quantitative estimate of drug-likeness (QED) is 0.398. The van der Waals surface area contributed by atoms with Gasteiger partial charge < -0.3 is 10.2 Å². The van der Waals surface area contributed by atoms with Crippen molar-refractivity contribution in [1.29, 1.82) is 0 Å². The van der Waals surface area contributed by atoms with E-state index in [4.69, 9.17) is 0 Å². The number of fused-ring (bicyclic) bond motifs is 1. The van der Waals surface area contributed by atoms with Gasteiger partial charge in [0.15, 0.2) is 0 Å². The number of thiophene rings is 1. The van der Waals surface area contributed by atoms with E-state index in [0.717, 1.165) is 65.4 Å². The smallest absolute Gasteiger partial charge is 0.261 e. The molecule has 0 radical (unpaired) electrons. The topological polar surface area (TPSA) is 50.2 Å². The molecular formula is C27H29FN4OS. The Hall–Kier alpha value is -3.03. The highest BCUT2D eigenvalue weighted by atomic mass is 32.1. The standard InChI is InChI=1S/C27H29FN4OS/c1-19-24-17-25(34-27(24)32(30-19)23-5-3-2-4-6-23)26(33)29-18-21-12-15-31(16-13-21)14-11-20-7-9-22(28)10-8-20/h2-10,17,21H,11-16,18H2,1H3,(H,29,33). The molecule has 1 aliphatic heterocycles. The predicted octanol–water partition coefficient (Wildman–Crippen LogP) is 5.22. The Morgan fingerprint density at radius 3 is 2.59 bits per heavy atom. The molecule has 0 bridgehead atoms. The largest absolute Gasteiger partial charge is 0.351 e. The Balaban J connectivity index is 1.13. The van der Waals surface area contributed by atoms with Crippen LogP contribution < -0.4 is 5.32 Å². The maximum atomic E-state index is 13.1. The second kappa shape index (κ2) is 10.1. The zero-order chi connectivity index (χ0) is 23.5. The highest BCUT2D eigenvalue weighted by Gasteiger charge is 2.21. The summed E-state index contributed by atoms with van der Waals surface area (Å²) >= 11 is 1.50. The molecule has 0 saturated carbocycles. The summed E-state index contributed by atoms with van der Waals surface area (Å²) in [6, 6.07) is 18.8. The Bertz CT molecular complexity index is 1260. The second-order valence-electron chi connectivity index (χ2n) is 9.03. The Labute approximate surface area is 203 Å². The molecule has 4 aromatic rings. The molecule has 1 N–H and O–H groups in total. The number of para-hydroxylation sites is 1. The molecule has 0 spiro atoms. The van der Waals surface area contributed by atoms with Crippen LogP contribution in [0.3, 0.4) is 0 Å². The number of aromatic nitrogens is 2. The van der Waals surface area contributed by atoms with E-state index in [2.05, 4.69) is 15.3 Å². The third-order valence-electron chi connectivity index (χ3n) is 6.66. The van der Waals surface area contributed by atoms with E-state index in [-0.39, 0.29) is 11.7 Å². The first kappa shape index (κ1) is 22.7. The third kappa shape index (κ3) is 5.05. The van der Waals surface area contributed by atoms with E-state index in [1.54, 1.807) is 0 Å². The lowest BCUT2D eigenvalue weighted by atomic mass is 9.96. The first-order chi connectivity index (χ1) is 16.6. The van der Waals surface area contributed by atoms with Crippen LogP contribution >= 0.6 is 11.3 Å². The maximum Gasteiger partial charge on any atom is 0.261 e. The van der Waals surface area contributed by atoms with Crippen molar-refractivity contribution in [2.45, 2.75) is 26.2 Å². The van der Waals surface area contributed by atoms with Gasteiger partial charge in [-0.1, -0.05) is 30.3 Å². The minimum atomic E-state index is -0.185. The predicted molar refractivity (Wildman–Crippen MR) is 135 cm³/mol. The van der Waals surface area contributed by atoms with E-state index in [0.29, 0.717) is 12.5 Å². The average Bonchev–Trinajstić information content (AvgIpc) is 3.44. The van der Waals surface area contributed by atoms with Crippen molar-refractivity contribution < 1.29 is 9.18 Å². The van der Waals surface area contributed by atoms with Crippen molar-refractivity contribution in [2.75, 3.05) is 26.2 Å². The van der Waals surface area contributed by atoms with Crippen molar-refractivity contribution in [1.82, 2.24) is 20.0 Å². The molecule has 1 saturated heterocycles. The van der Waals surface area contributed by atoms with Gasteiger partial charge in [-0.25, -0.2) is 9.07 Å². The number of benzene rings is 2. The van der Waals surface area contributed by atoms with Crippen molar-refractivity contribution in [3.05, 3.63) is 82.6 Å². The normalized spacial score (nSPS) is 15.1. The van der Waals surface area contributed by atoms with Gasteiger partial charge in [0, 0.05) is 18.5 Å². The van der Waals surface area contributed by atoms with Crippen LogP contribution in [0, 0.1) is 18.7 Å². The molecule has 0 atom stereocenters. The molecule has 1 aliphatic rings. The van der Waals surface area contributed by atoms with Crippen molar-refractivity contribution in [3.63, 3.8) is 0 Å². The number of piperidine rings is 1. The van der Waals surface area contributed by atoms with Crippen molar-refractivity contribution in [2.24, 2.45) is 5.92 Å². The summed E-state index contributed by atoms with van der Waals surface area (Å²) in [4.78, 5) is 17.1. The van der Waals surface area contributed by atoms with Crippen LogP contribution in [0.2, 0.25) is 0 Å². The van der Waals surface area contributed by atoms with Gasteiger partial charge in [-0.15, -0.1) is 11.3 Å². The van der Waals surface area contributed by atoms with Gasteiger partial charge >= 0.3 is 0 Å². The number of amides is 1. The number of hydrogen-bond donors (Lipinski definition) is 1. The Morgan fingerprint density at radius 1 is 1.12 bits per heavy atom. The van der Waals surface area contributed by atoms with Gasteiger partial charge in [0.2, 0.25) is 0 Å². The fourth-order valence-electron chi connectivity index (χ4n) is 4.58. The molecular weight excluding hydrogens is 447 g/mol. The van der Waals surface area contributed by atoms with Crippen LogP contribution in [0.4, 0.5) is 4.39 Å². The van der Waals surface area contributed by atoms with Gasteiger partial charge in [-0.3, -0.25) is 4.79 Å². The summed E-state index contributed by atoms with van der Waals surface area (Å²) in [5.41, 5.74) is 3.10. The van der Waals surface area contributed by atoms with Crippen molar-refractivity contribution >= 4 is 27.5 Å². The number of aryl methyl sites for hydroxylation is 1. The Kier molecular flexibility index (Phi) is 6.74. The SMILES string of the molecule is Cc1nn(-c2ccccc2)c2sc(C(=O)NCC3CCN(CCc4ccc(F)cc4)CC3)cc12. The highest BCUT2D eigenvalue weighted by molar-refractivity contribution is 7.20. The highest BCUT2D eigenvalue weighted by Crippen LogP contribution is 2.30. The summed E-state index contributed by atoms with van der Waals surface area (Å²) in [5, 5.41) is 8.86. The van der Waals surface area contributed by atoms with Gasteiger partial charge in [0.05, 0.1) is 16.3 Å². The summed E-state index contributed by atoms with van der Waals surface area (Å²) in [5.74, 6) is 0.316. The molecule has 1 fully saturated rings. The fourth-order valence-corrected chi connectivity index (χ4v) is 5.68. The molecule has 5 rings (SSSR count). The maximum absolute atomic E-state index is 13.1. The minimum absolute atomic E-state index is 0.000971. The van der Waals surface area contributed by atoms with Gasteiger partial charge in [-0.2, -0.15) is 5.10 Å².